The van der Waals surface area contributed by atoms with Gasteiger partial charge >= 0.3 is 0 Å². The summed E-state index contributed by atoms with van der Waals surface area (Å²) in [6.45, 7) is 0.973. The van der Waals surface area contributed by atoms with E-state index in [0.717, 1.165) is 11.1 Å². The lowest BCUT2D eigenvalue weighted by Gasteiger charge is -2.40. The highest BCUT2D eigenvalue weighted by Gasteiger charge is 2.52. The van der Waals surface area contributed by atoms with Crippen LogP contribution in [0.15, 0.2) is 48.5 Å². The fraction of sp³-hybridized carbons (Fsp3) is 0.278. The quantitative estimate of drug-likeness (QED) is 0.809. The standard InChI is InChI=1S/C18H15FO3/c19-13-7-5-12(6-8-13)16-11-17(20)14-3-1-2-4-15(14)18(16)21-9-10-22-18/h1-8,16H,9-11H2/t16-/m1/s1. The first-order valence-electron chi connectivity index (χ1n) is 7.37. The van der Waals surface area contributed by atoms with Crippen LogP contribution in [0.4, 0.5) is 4.39 Å². The lowest BCUT2D eigenvalue weighted by Crippen LogP contribution is -2.41. The number of ketones is 1. The molecule has 0 unspecified atom stereocenters. The maximum absolute atomic E-state index is 13.2. The summed E-state index contributed by atoms with van der Waals surface area (Å²) >= 11 is 0. The summed E-state index contributed by atoms with van der Waals surface area (Å²) in [6.07, 6.45) is 0.294. The molecule has 2 aromatic carbocycles. The predicted molar refractivity (Wildman–Crippen MR) is 78.1 cm³/mol. The Bertz CT molecular complexity index is 717. The van der Waals surface area contributed by atoms with Crippen molar-refractivity contribution in [3.63, 3.8) is 0 Å². The van der Waals surface area contributed by atoms with Gasteiger partial charge in [-0.1, -0.05) is 36.4 Å². The van der Waals surface area contributed by atoms with Crippen LogP contribution in [0.3, 0.4) is 0 Å². The van der Waals surface area contributed by atoms with E-state index in [9.17, 15) is 9.18 Å². The topological polar surface area (TPSA) is 35.5 Å². The number of hydrogen-bond acceptors (Lipinski definition) is 3. The van der Waals surface area contributed by atoms with Gasteiger partial charge in [-0.05, 0) is 17.7 Å². The molecular formula is C18H15FO3. The van der Waals surface area contributed by atoms with E-state index in [2.05, 4.69) is 0 Å². The average Bonchev–Trinajstić information content (AvgIpc) is 3.03. The molecule has 4 rings (SSSR count). The summed E-state index contributed by atoms with van der Waals surface area (Å²) in [7, 11) is 0. The van der Waals surface area contributed by atoms with E-state index in [1.54, 1.807) is 12.1 Å². The number of rotatable bonds is 1. The van der Waals surface area contributed by atoms with Gasteiger partial charge in [0.25, 0.3) is 0 Å². The lowest BCUT2D eigenvalue weighted by atomic mass is 9.74. The molecule has 1 saturated heterocycles. The first kappa shape index (κ1) is 13.6. The monoisotopic (exact) mass is 298 g/mol. The average molecular weight is 298 g/mol. The first-order chi connectivity index (χ1) is 10.7. The normalized spacial score (nSPS) is 22.8. The van der Waals surface area contributed by atoms with Crippen molar-refractivity contribution in [2.24, 2.45) is 0 Å². The van der Waals surface area contributed by atoms with Crippen LogP contribution in [0.1, 0.15) is 33.8 Å². The van der Waals surface area contributed by atoms with Gasteiger partial charge in [0.05, 0.1) is 13.2 Å². The second kappa shape index (κ2) is 5.00. The Morgan fingerprint density at radius 3 is 2.41 bits per heavy atom. The van der Waals surface area contributed by atoms with Crippen molar-refractivity contribution < 1.29 is 18.7 Å². The number of halogens is 1. The fourth-order valence-electron chi connectivity index (χ4n) is 3.46. The number of benzene rings is 2. The van der Waals surface area contributed by atoms with Gasteiger partial charge in [-0.2, -0.15) is 0 Å². The number of carbonyl (C=O) groups excluding carboxylic acids is 1. The van der Waals surface area contributed by atoms with Crippen LogP contribution in [0, 0.1) is 5.82 Å². The molecule has 0 amide bonds. The van der Waals surface area contributed by atoms with Crippen molar-refractivity contribution in [1.29, 1.82) is 0 Å². The summed E-state index contributed by atoms with van der Waals surface area (Å²) in [6, 6.07) is 13.6. The van der Waals surface area contributed by atoms with E-state index >= 15 is 0 Å². The van der Waals surface area contributed by atoms with Gasteiger partial charge in [0.2, 0.25) is 5.79 Å². The molecule has 0 aromatic heterocycles. The van der Waals surface area contributed by atoms with Crippen LogP contribution in [-0.2, 0) is 15.3 Å². The van der Waals surface area contributed by atoms with Crippen molar-refractivity contribution in [2.75, 3.05) is 13.2 Å². The van der Waals surface area contributed by atoms with E-state index in [-0.39, 0.29) is 17.5 Å². The number of hydrogen-bond donors (Lipinski definition) is 0. The van der Waals surface area contributed by atoms with Gasteiger partial charge in [-0.15, -0.1) is 0 Å². The number of fused-ring (bicyclic) bond motifs is 2. The zero-order chi connectivity index (χ0) is 15.2. The highest BCUT2D eigenvalue weighted by atomic mass is 19.1. The largest absolute Gasteiger partial charge is 0.343 e. The molecule has 1 heterocycles. The molecule has 0 saturated carbocycles. The molecule has 1 spiro atoms. The summed E-state index contributed by atoms with van der Waals surface area (Å²) in [5.74, 6) is -1.44. The lowest BCUT2D eigenvalue weighted by molar-refractivity contribution is -0.186. The first-order valence-corrected chi connectivity index (χ1v) is 7.37. The zero-order valence-corrected chi connectivity index (χ0v) is 11.9. The Morgan fingerprint density at radius 2 is 1.68 bits per heavy atom. The van der Waals surface area contributed by atoms with Crippen molar-refractivity contribution in [3.8, 4) is 0 Å². The number of carbonyl (C=O) groups is 1. The smallest absolute Gasteiger partial charge is 0.203 e. The second-order valence-corrected chi connectivity index (χ2v) is 5.64. The minimum atomic E-state index is -0.942. The van der Waals surface area contributed by atoms with Gasteiger partial charge in [0.1, 0.15) is 5.82 Å². The molecule has 0 bridgehead atoms. The molecule has 112 valence electrons. The molecule has 22 heavy (non-hydrogen) atoms. The molecule has 3 nitrogen and oxygen atoms in total. The van der Waals surface area contributed by atoms with Gasteiger partial charge in [0.15, 0.2) is 5.78 Å². The van der Waals surface area contributed by atoms with Crippen LogP contribution < -0.4 is 0 Å². The van der Waals surface area contributed by atoms with Gasteiger partial charge in [0, 0.05) is 23.5 Å². The number of ether oxygens (including phenoxy) is 2. The Hall–Kier alpha value is -2.04. The third kappa shape index (κ3) is 1.91. The van der Waals surface area contributed by atoms with Crippen LogP contribution in [0.5, 0.6) is 0 Å². The highest BCUT2D eigenvalue weighted by molar-refractivity contribution is 5.99. The maximum atomic E-state index is 13.2. The molecule has 0 N–H and O–H groups in total. The molecule has 2 aromatic rings. The molecular weight excluding hydrogens is 283 g/mol. The fourth-order valence-corrected chi connectivity index (χ4v) is 3.46. The van der Waals surface area contributed by atoms with E-state index in [0.29, 0.717) is 25.2 Å². The van der Waals surface area contributed by atoms with Gasteiger partial charge < -0.3 is 9.47 Å². The van der Waals surface area contributed by atoms with E-state index < -0.39 is 5.79 Å². The third-order valence-electron chi connectivity index (χ3n) is 4.44. The molecule has 1 atom stereocenters. The summed E-state index contributed by atoms with van der Waals surface area (Å²) in [5.41, 5.74) is 2.28. The van der Waals surface area contributed by atoms with E-state index in [4.69, 9.17) is 9.47 Å². The summed E-state index contributed by atoms with van der Waals surface area (Å²) in [4.78, 5) is 12.5. The zero-order valence-electron chi connectivity index (χ0n) is 11.9. The molecule has 4 heteroatoms. The molecule has 1 fully saturated rings. The van der Waals surface area contributed by atoms with Crippen molar-refractivity contribution >= 4 is 5.78 Å². The van der Waals surface area contributed by atoms with Crippen LogP contribution in [0.25, 0.3) is 0 Å². The van der Waals surface area contributed by atoms with Crippen molar-refractivity contribution in [2.45, 2.75) is 18.1 Å². The van der Waals surface area contributed by atoms with Crippen molar-refractivity contribution in [1.82, 2.24) is 0 Å². The number of Topliss-reactive ketones (excluding diaryl/α,β-unsaturated/α-hetero) is 1. The van der Waals surface area contributed by atoms with Gasteiger partial charge in [-0.25, -0.2) is 4.39 Å². The molecule has 1 aliphatic carbocycles. The van der Waals surface area contributed by atoms with E-state index in [1.165, 1.54) is 12.1 Å². The summed E-state index contributed by atoms with van der Waals surface area (Å²) in [5, 5.41) is 0. The van der Waals surface area contributed by atoms with Gasteiger partial charge in [-0.3, -0.25) is 4.79 Å². The molecule has 2 aliphatic rings. The Labute approximate surface area is 127 Å². The minimum absolute atomic E-state index is 0.0645. The Kier molecular flexibility index (Phi) is 3.10. The Balaban J connectivity index is 1.88. The SMILES string of the molecule is O=C1C[C@H](c2ccc(F)cc2)C2(OCCO2)c2ccccc21. The molecule has 0 radical (unpaired) electrons. The third-order valence-corrected chi connectivity index (χ3v) is 4.44. The van der Waals surface area contributed by atoms with Crippen LogP contribution in [-0.4, -0.2) is 19.0 Å². The Morgan fingerprint density at radius 1 is 1.00 bits per heavy atom. The predicted octanol–water partition coefficient (Wildman–Crippen LogP) is 3.40. The highest BCUT2D eigenvalue weighted by Crippen LogP contribution is 2.50. The summed E-state index contributed by atoms with van der Waals surface area (Å²) < 4.78 is 25.2. The minimum Gasteiger partial charge on any atom is -0.343 e. The molecule has 1 aliphatic heterocycles. The van der Waals surface area contributed by atoms with Crippen molar-refractivity contribution in [3.05, 3.63) is 71.0 Å². The van der Waals surface area contributed by atoms with E-state index in [1.807, 2.05) is 24.3 Å². The second-order valence-electron chi connectivity index (χ2n) is 5.64. The maximum Gasteiger partial charge on any atom is 0.203 e. The van der Waals surface area contributed by atoms with Crippen LogP contribution in [0.2, 0.25) is 0 Å². The van der Waals surface area contributed by atoms with Crippen LogP contribution >= 0.6 is 0 Å².